The lowest BCUT2D eigenvalue weighted by atomic mass is 9.91. The second-order valence-corrected chi connectivity index (χ2v) is 4.81. The summed E-state index contributed by atoms with van der Waals surface area (Å²) in [6.07, 6.45) is 2.73. The minimum absolute atomic E-state index is 0.0841. The molecule has 0 radical (unpaired) electrons. The average Bonchev–Trinajstić information content (AvgIpc) is 2.83. The minimum Gasteiger partial charge on any atom is -0.496 e. The van der Waals surface area contributed by atoms with E-state index in [1.807, 2.05) is 18.2 Å². The van der Waals surface area contributed by atoms with Crippen LogP contribution in [0.1, 0.15) is 30.7 Å². The lowest BCUT2D eigenvalue weighted by Gasteiger charge is -2.14. The van der Waals surface area contributed by atoms with Crippen molar-refractivity contribution in [1.29, 1.82) is 0 Å². The molecule has 1 aliphatic rings. The van der Waals surface area contributed by atoms with Crippen LogP contribution in [0.25, 0.3) is 10.8 Å². The third-order valence-corrected chi connectivity index (χ3v) is 3.82. The smallest absolute Gasteiger partial charge is 0.140 e. The third kappa shape index (κ3) is 1.69. The van der Waals surface area contributed by atoms with Crippen LogP contribution in [0, 0.1) is 0 Å². The summed E-state index contributed by atoms with van der Waals surface area (Å²) in [6.45, 7) is 0. The van der Waals surface area contributed by atoms with Crippen molar-refractivity contribution in [2.75, 3.05) is 7.11 Å². The molecule has 0 aliphatic heterocycles. The van der Waals surface area contributed by atoms with Gasteiger partial charge in [0.2, 0.25) is 0 Å². The van der Waals surface area contributed by atoms with E-state index in [-0.39, 0.29) is 5.92 Å². The van der Waals surface area contributed by atoms with Crippen LogP contribution in [0.5, 0.6) is 5.75 Å². The molecular weight excluding hydrogens is 224 g/mol. The minimum atomic E-state index is 0.0841. The zero-order chi connectivity index (χ0) is 12.5. The van der Waals surface area contributed by atoms with Gasteiger partial charge in [-0.3, -0.25) is 4.79 Å². The third-order valence-electron chi connectivity index (χ3n) is 3.82. The lowest BCUT2D eigenvalue weighted by molar-refractivity contribution is -0.118. The molecule has 1 unspecified atom stereocenters. The van der Waals surface area contributed by atoms with Gasteiger partial charge >= 0.3 is 0 Å². The number of Topliss-reactive ketones (excluding diaryl/α,β-unsaturated/α-hetero) is 1. The molecule has 2 nitrogen and oxygen atoms in total. The SMILES string of the molecule is COc1ccc(C2CCCC2=O)c2ccccc12. The number of methoxy groups -OCH3 is 1. The van der Waals surface area contributed by atoms with Gasteiger partial charge in [-0.2, -0.15) is 0 Å². The van der Waals surface area contributed by atoms with E-state index >= 15 is 0 Å². The van der Waals surface area contributed by atoms with Crippen LogP contribution >= 0.6 is 0 Å². The molecule has 3 rings (SSSR count). The Balaban J connectivity index is 2.21. The molecule has 0 N–H and O–H groups in total. The van der Waals surface area contributed by atoms with E-state index in [2.05, 4.69) is 18.2 Å². The van der Waals surface area contributed by atoms with Crippen molar-refractivity contribution >= 4 is 16.6 Å². The van der Waals surface area contributed by atoms with Crippen molar-refractivity contribution in [3.05, 3.63) is 42.0 Å². The Hall–Kier alpha value is -1.83. The molecule has 0 heterocycles. The highest BCUT2D eigenvalue weighted by Gasteiger charge is 2.27. The molecule has 2 aromatic carbocycles. The Morgan fingerprint density at radius 3 is 2.56 bits per heavy atom. The molecule has 0 amide bonds. The summed E-state index contributed by atoms with van der Waals surface area (Å²) in [4.78, 5) is 11.9. The summed E-state index contributed by atoms with van der Waals surface area (Å²) < 4.78 is 5.39. The lowest BCUT2D eigenvalue weighted by Crippen LogP contribution is -2.05. The molecule has 92 valence electrons. The van der Waals surface area contributed by atoms with Crippen molar-refractivity contribution in [2.45, 2.75) is 25.2 Å². The van der Waals surface area contributed by atoms with Gasteiger partial charge in [0.15, 0.2) is 0 Å². The van der Waals surface area contributed by atoms with Crippen LogP contribution in [-0.2, 0) is 4.79 Å². The number of benzene rings is 2. The van der Waals surface area contributed by atoms with Crippen LogP contribution in [0.2, 0.25) is 0 Å². The summed E-state index contributed by atoms with van der Waals surface area (Å²) in [5.41, 5.74) is 1.16. The van der Waals surface area contributed by atoms with Crippen molar-refractivity contribution in [1.82, 2.24) is 0 Å². The van der Waals surface area contributed by atoms with E-state index in [4.69, 9.17) is 4.74 Å². The highest BCUT2D eigenvalue weighted by atomic mass is 16.5. The first-order valence-corrected chi connectivity index (χ1v) is 6.39. The maximum absolute atomic E-state index is 11.9. The predicted molar refractivity (Wildman–Crippen MR) is 72.1 cm³/mol. The normalized spacial score (nSPS) is 19.4. The van der Waals surface area contributed by atoms with Gasteiger partial charge in [-0.25, -0.2) is 0 Å². The van der Waals surface area contributed by atoms with E-state index in [1.54, 1.807) is 7.11 Å². The largest absolute Gasteiger partial charge is 0.496 e. The highest BCUT2D eigenvalue weighted by molar-refractivity contribution is 5.97. The van der Waals surface area contributed by atoms with Gasteiger partial charge in [0.25, 0.3) is 0 Å². The molecule has 0 aromatic heterocycles. The van der Waals surface area contributed by atoms with E-state index in [9.17, 15) is 4.79 Å². The zero-order valence-electron chi connectivity index (χ0n) is 10.5. The molecule has 1 atom stereocenters. The van der Waals surface area contributed by atoms with Crippen LogP contribution in [0.3, 0.4) is 0 Å². The van der Waals surface area contributed by atoms with E-state index in [0.717, 1.165) is 41.3 Å². The molecule has 0 saturated heterocycles. The molecular formula is C16H16O2. The number of fused-ring (bicyclic) bond motifs is 1. The van der Waals surface area contributed by atoms with Crippen LogP contribution in [-0.4, -0.2) is 12.9 Å². The Morgan fingerprint density at radius 1 is 1.11 bits per heavy atom. The van der Waals surface area contributed by atoms with Gasteiger partial charge in [-0.05, 0) is 29.9 Å². The Labute approximate surface area is 107 Å². The van der Waals surface area contributed by atoms with Gasteiger partial charge in [0.1, 0.15) is 11.5 Å². The molecule has 0 bridgehead atoms. The average molecular weight is 240 g/mol. The Bertz CT molecular complexity index is 601. The Morgan fingerprint density at radius 2 is 1.89 bits per heavy atom. The van der Waals surface area contributed by atoms with Gasteiger partial charge < -0.3 is 4.74 Å². The van der Waals surface area contributed by atoms with E-state index in [1.165, 1.54) is 0 Å². The zero-order valence-corrected chi connectivity index (χ0v) is 10.5. The van der Waals surface area contributed by atoms with Crippen LogP contribution in [0.4, 0.5) is 0 Å². The fourth-order valence-electron chi connectivity index (χ4n) is 2.92. The van der Waals surface area contributed by atoms with Crippen molar-refractivity contribution in [2.24, 2.45) is 0 Å². The number of ether oxygens (including phenoxy) is 1. The number of carbonyl (C=O) groups excluding carboxylic acids is 1. The molecule has 0 spiro atoms. The quantitative estimate of drug-likeness (QED) is 0.800. The second-order valence-electron chi connectivity index (χ2n) is 4.81. The first kappa shape index (κ1) is 11.3. The number of rotatable bonds is 2. The highest BCUT2D eigenvalue weighted by Crippen LogP contribution is 2.38. The number of ketones is 1. The summed E-state index contributed by atoms with van der Waals surface area (Å²) >= 11 is 0. The van der Waals surface area contributed by atoms with Gasteiger partial charge in [0.05, 0.1) is 7.11 Å². The van der Waals surface area contributed by atoms with Crippen molar-refractivity contribution in [3.63, 3.8) is 0 Å². The predicted octanol–water partition coefficient (Wildman–Crippen LogP) is 3.69. The summed E-state index contributed by atoms with van der Waals surface area (Å²) in [7, 11) is 1.68. The summed E-state index contributed by atoms with van der Waals surface area (Å²) in [5.74, 6) is 1.34. The molecule has 18 heavy (non-hydrogen) atoms. The van der Waals surface area contributed by atoms with E-state index in [0.29, 0.717) is 5.78 Å². The summed E-state index contributed by atoms with van der Waals surface area (Å²) in [6, 6.07) is 12.2. The van der Waals surface area contributed by atoms with E-state index < -0.39 is 0 Å². The first-order chi connectivity index (χ1) is 8.81. The van der Waals surface area contributed by atoms with Crippen molar-refractivity contribution < 1.29 is 9.53 Å². The second kappa shape index (κ2) is 4.45. The molecule has 2 aromatic rings. The first-order valence-electron chi connectivity index (χ1n) is 6.39. The number of carbonyl (C=O) groups is 1. The van der Waals surface area contributed by atoms with Gasteiger partial charge in [-0.1, -0.05) is 30.3 Å². The molecule has 1 saturated carbocycles. The topological polar surface area (TPSA) is 26.3 Å². The number of hydrogen-bond donors (Lipinski definition) is 0. The molecule has 1 fully saturated rings. The molecule has 2 heteroatoms. The van der Waals surface area contributed by atoms with Crippen LogP contribution in [0.15, 0.2) is 36.4 Å². The molecule has 1 aliphatic carbocycles. The van der Waals surface area contributed by atoms with Gasteiger partial charge in [-0.15, -0.1) is 0 Å². The summed E-state index contributed by atoms with van der Waals surface area (Å²) in [5, 5.41) is 2.24. The van der Waals surface area contributed by atoms with Crippen LogP contribution < -0.4 is 4.74 Å². The maximum Gasteiger partial charge on any atom is 0.140 e. The fraction of sp³-hybridized carbons (Fsp3) is 0.312. The monoisotopic (exact) mass is 240 g/mol. The number of hydrogen-bond acceptors (Lipinski definition) is 2. The van der Waals surface area contributed by atoms with Gasteiger partial charge in [0, 0.05) is 17.7 Å². The Kier molecular flexibility index (Phi) is 2.78. The standard InChI is InChI=1S/C16H16O2/c1-18-16-10-9-12(13-7-4-8-15(13)17)11-5-2-3-6-14(11)16/h2-3,5-6,9-10,13H,4,7-8H2,1H3. The van der Waals surface area contributed by atoms with Crippen molar-refractivity contribution in [3.8, 4) is 5.75 Å². The fourth-order valence-corrected chi connectivity index (χ4v) is 2.92. The maximum atomic E-state index is 11.9.